The Kier molecular flexibility index (Phi) is 4.38. The second-order valence-corrected chi connectivity index (χ2v) is 5.07. The number of esters is 1. The van der Waals surface area contributed by atoms with E-state index < -0.39 is 5.97 Å². The maximum Gasteiger partial charge on any atom is 0.382 e. The Morgan fingerprint density at radius 2 is 1.75 bits per heavy atom. The smallest absolute Gasteiger partial charge is 0.382 e. The molecule has 1 aromatic heterocycles. The molecule has 0 radical (unpaired) electrons. The summed E-state index contributed by atoms with van der Waals surface area (Å²) in [6, 6.07) is 16.8. The van der Waals surface area contributed by atoms with E-state index in [1.54, 1.807) is 55.5 Å². The third-order valence-electron chi connectivity index (χ3n) is 3.19. The highest BCUT2D eigenvalue weighted by atomic mass is 16.6. The predicted octanol–water partition coefficient (Wildman–Crippen LogP) is 3.45. The molecule has 1 N–H and O–H groups in total. The van der Waals surface area contributed by atoms with E-state index in [-0.39, 0.29) is 11.7 Å². The molecule has 1 heterocycles. The van der Waals surface area contributed by atoms with Gasteiger partial charge in [-0.2, -0.15) is 0 Å². The third-order valence-corrected chi connectivity index (χ3v) is 3.19. The van der Waals surface area contributed by atoms with Gasteiger partial charge in [-0.05, 0) is 43.3 Å². The Morgan fingerprint density at radius 3 is 2.38 bits per heavy atom. The first-order valence-corrected chi connectivity index (χ1v) is 7.24. The van der Waals surface area contributed by atoms with Gasteiger partial charge in [-0.3, -0.25) is 4.79 Å². The van der Waals surface area contributed by atoms with Crippen LogP contribution >= 0.6 is 0 Å². The van der Waals surface area contributed by atoms with Crippen molar-refractivity contribution in [1.29, 1.82) is 0 Å². The third kappa shape index (κ3) is 3.67. The molecule has 1 amide bonds. The molecule has 3 rings (SSSR count). The Morgan fingerprint density at radius 1 is 1.04 bits per heavy atom. The number of hydrogen-bond acceptors (Lipinski definition) is 5. The van der Waals surface area contributed by atoms with E-state index in [1.165, 1.54) is 6.07 Å². The second-order valence-electron chi connectivity index (χ2n) is 5.07. The SMILES string of the molecule is Cc1cc(C(=O)Oc2ccc(NC(=O)c3ccccc3)cc2)on1. The largest absolute Gasteiger partial charge is 0.421 e. The van der Waals surface area contributed by atoms with Crippen LogP contribution in [-0.4, -0.2) is 17.0 Å². The predicted molar refractivity (Wildman–Crippen MR) is 87.0 cm³/mol. The monoisotopic (exact) mass is 322 g/mol. The van der Waals surface area contributed by atoms with E-state index in [9.17, 15) is 9.59 Å². The lowest BCUT2D eigenvalue weighted by atomic mass is 10.2. The first-order chi connectivity index (χ1) is 11.6. The van der Waals surface area contributed by atoms with E-state index in [1.807, 2.05) is 6.07 Å². The van der Waals surface area contributed by atoms with Crippen molar-refractivity contribution in [3.05, 3.63) is 77.7 Å². The fourth-order valence-corrected chi connectivity index (χ4v) is 2.02. The molecule has 0 unspecified atom stereocenters. The molecule has 6 heteroatoms. The van der Waals surface area contributed by atoms with Crippen LogP contribution in [-0.2, 0) is 0 Å². The van der Waals surface area contributed by atoms with Crippen molar-refractivity contribution < 1.29 is 18.8 Å². The van der Waals surface area contributed by atoms with Gasteiger partial charge >= 0.3 is 5.97 Å². The number of rotatable bonds is 4. The molecule has 0 bridgehead atoms. The minimum atomic E-state index is -0.628. The van der Waals surface area contributed by atoms with E-state index in [4.69, 9.17) is 9.26 Å². The highest BCUT2D eigenvalue weighted by Gasteiger charge is 2.14. The lowest BCUT2D eigenvalue weighted by molar-refractivity contribution is 0.0691. The minimum Gasteiger partial charge on any atom is -0.421 e. The van der Waals surface area contributed by atoms with Crippen molar-refractivity contribution in [1.82, 2.24) is 5.16 Å². The first-order valence-electron chi connectivity index (χ1n) is 7.24. The average Bonchev–Trinajstić information content (AvgIpc) is 3.04. The number of aryl methyl sites for hydroxylation is 1. The molecule has 0 spiro atoms. The highest BCUT2D eigenvalue weighted by Crippen LogP contribution is 2.18. The molecule has 0 saturated carbocycles. The first kappa shape index (κ1) is 15.5. The van der Waals surface area contributed by atoms with Gasteiger partial charge in [0, 0.05) is 17.3 Å². The Bertz CT molecular complexity index is 854. The Hall–Kier alpha value is -3.41. The standard InChI is InChI=1S/C18H14N2O4/c1-12-11-16(24-20-12)18(22)23-15-9-7-14(8-10-15)19-17(21)13-5-3-2-4-6-13/h2-11H,1H3,(H,19,21). The summed E-state index contributed by atoms with van der Waals surface area (Å²) < 4.78 is 10.0. The molecule has 0 atom stereocenters. The summed E-state index contributed by atoms with van der Waals surface area (Å²) in [4.78, 5) is 23.9. The maximum atomic E-state index is 12.0. The lowest BCUT2D eigenvalue weighted by Gasteiger charge is -2.06. The zero-order valence-corrected chi connectivity index (χ0v) is 12.9. The van der Waals surface area contributed by atoms with E-state index in [2.05, 4.69) is 10.5 Å². The molecule has 0 aliphatic carbocycles. The summed E-state index contributed by atoms with van der Waals surface area (Å²) in [6.45, 7) is 1.71. The van der Waals surface area contributed by atoms with Gasteiger partial charge in [0.05, 0.1) is 5.69 Å². The summed E-state index contributed by atoms with van der Waals surface area (Å²) in [5.74, 6) is -0.463. The fraction of sp³-hybridized carbons (Fsp3) is 0.0556. The molecule has 0 aliphatic heterocycles. The average molecular weight is 322 g/mol. The van der Waals surface area contributed by atoms with Gasteiger partial charge in [-0.25, -0.2) is 4.79 Å². The molecule has 0 saturated heterocycles. The topological polar surface area (TPSA) is 81.4 Å². The van der Waals surface area contributed by atoms with Crippen LogP contribution in [0.25, 0.3) is 0 Å². The quantitative estimate of drug-likeness (QED) is 0.587. The number of carbonyl (C=O) groups excluding carboxylic acids is 2. The lowest BCUT2D eigenvalue weighted by Crippen LogP contribution is -2.11. The van der Waals surface area contributed by atoms with Crippen LogP contribution < -0.4 is 10.1 Å². The Balaban J connectivity index is 1.63. The van der Waals surface area contributed by atoms with Crippen LogP contribution in [0.3, 0.4) is 0 Å². The number of amides is 1. The molecule has 0 fully saturated rings. The normalized spacial score (nSPS) is 10.2. The zero-order chi connectivity index (χ0) is 16.9. The van der Waals surface area contributed by atoms with E-state index in [0.29, 0.717) is 22.7 Å². The molecule has 3 aromatic rings. The van der Waals surface area contributed by atoms with Gasteiger partial charge in [-0.1, -0.05) is 23.4 Å². The van der Waals surface area contributed by atoms with Crippen molar-refractivity contribution in [2.75, 3.05) is 5.32 Å². The maximum absolute atomic E-state index is 12.0. The number of anilines is 1. The van der Waals surface area contributed by atoms with Crippen LogP contribution in [0.5, 0.6) is 5.75 Å². The molecular weight excluding hydrogens is 308 g/mol. The van der Waals surface area contributed by atoms with Crippen LogP contribution in [0.4, 0.5) is 5.69 Å². The highest BCUT2D eigenvalue weighted by molar-refractivity contribution is 6.04. The second kappa shape index (κ2) is 6.78. The van der Waals surface area contributed by atoms with Crippen LogP contribution in [0.15, 0.2) is 65.2 Å². The van der Waals surface area contributed by atoms with Gasteiger partial charge in [0.15, 0.2) is 0 Å². The molecule has 2 aromatic carbocycles. The van der Waals surface area contributed by atoms with Crippen LogP contribution in [0, 0.1) is 6.92 Å². The van der Waals surface area contributed by atoms with Crippen molar-refractivity contribution in [3.8, 4) is 5.75 Å². The summed E-state index contributed by atoms with van der Waals surface area (Å²) in [6.07, 6.45) is 0. The minimum absolute atomic E-state index is 0.0361. The van der Waals surface area contributed by atoms with Crippen molar-refractivity contribution in [2.24, 2.45) is 0 Å². The van der Waals surface area contributed by atoms with Crippen molar-refractivity contribution in [3.63, 3.8) is 0 Å². The Labute approximate surface area is 138 Å². The summed E-state index contributed by atoms with van der Waals surface area (Å²) >= 11 is 0. The van der Waals surface area contributed by atoms with Crippen LogP contribution in [0.1, 0.15) is 26.6 Å². The van der Waals surface area contributed by atoms with Gasteiger partial charge < -0.3 is 14.6 Å². The number of carbonyl (C=O) groups is 2. The van der Waals surface area contributed by atoms with Crippen molar-refractivity contribution in [2.45, 2.75) is 6.92 Å². The number of nitrogens with one attached hydrogen (secondary N) is 1. The van der Waals surface area contributed by atoms with E-state index in [0.717, 1.165) is 0 Å². The number of hydrogen-bond donors (Lipinski definition) is 1. The number of nitrogens with zero attached hydrogens (tertiary/aromatic N) is 1. The van der Waals surface area contributed by atoms with Crippen LogP contribution in [0.2, 0.25) is 0 Å². The van der Waals surface area contributed by atoms with Gasteiger partial charge in [-0.15, -0.1) is 0 Å². The molecule has 24 heavy (non-hydrogen) atoms. The van der Waals surface area contributed by atoms with Gasteiger partial charge in [0.1, 0.15) is 5.75 Å². The molecule has 0 aliphatic rings. The molecule has 6 nitrogen and oxygen atoms in total. The number of benzene rings is 2. The van der Waals surface area contributed by atoms with Crippen molar-refractivity contribution >= 4 is 17.6 Å². The molecule has 120 valence electrons. The summed E-state index contributed by atoms with van der Waals surface area (Å²) in [5.41, 5.74) is 1.76. The summed E-state index contributed by atoms with van der Waals surface area (Å²) in [5, 5.41) is 6.40. The number of ether oxygens (including phenoxy) is 1. The zero-order valence-electron chi connectivity index (χ0n) is 12.9. The van der Waals surface area contributed by atoms with E-state index >= 15 is 0 Å². The van der Waals surface area contributed by atoms with Gasteiger partial charge in [0.25, 0.3) is 5.91 Å². The summed E-state index contributed by atoms with van der Waals surface area (Å²) in [7, 11) is 0. The number of aromatic nitrogens is 1. The fourth-order valence-electron chi connectivity index (χ4n) is 2.02. The van der Waals surface area contributed by atoms with Gasteiger partial charge in [0.2, 0.25) is 5.76 Å². The molecular formula is C18H14N2O4.